The number of hydrogen-bond donors (Lipinski definition) is 1. The fourth-order valence-electron chi connectivity index (χ4n) is 2.95. The molecule has 0 spiro atoms. The number of ketones is 1. The molecule has 1 N–H and O–H groups in total. The summed E-state index contributed by atoms with van der Waals surface area (Å²) in [7, 11) is 0. The molecule has 1 unspecified atom stereocenters. The van der Waals surface area contributed by atoms with Crippen LogP contribution in [0.5, 0.6) is 5.75 Å². The van der Waals surface area contributed by atoms with Crippen LogP contribution in [0.1, 0.15) is 49.5 Å². The molecule has 3 nitrogen and oxygen atoms in total. The van der Waals surface area contributed by atoms with Crippen molar-refractivity contribution in [2.45, 2.75) is 46.2 Å². The molecular weight excluding hydrogens is 238 g/mol. The van der Waals surface area contributed by atoms with Crippen LogP contribution in [0, 0.1) is 5.92 Å². The maximum Gasteiger partial charge on any atom is 0.159 e. The van der Waals surface area contributed by atoms with Crippen LogP contribution >= 0.6 is 0 Å². The van der Waals surface area contributed by atoms with E-state index in [1.807, 2.05) is 6.07 Å². The van der Waals surface area contributed by atoms with Gasteiger partial charge in [0.1, 0.15) is 5.75 Å². The number of carbonyl (C=O) groups excluding carboxylic acids is 1. The summed E-state index contributed by atoms with van der Waals surface area (Å²) < 4.78 is 0. The number of nitrogens with zero attached hydrogens (tertiary/aromatic N) is 1. The van der Waals surface area contributed by atoms with Gasteiger partial charge in [-0.15, -0.1) is 0 Å². The zero-order chi connectivity index (χ0) is 14.0. The van der Waals surface area contributed by atoms with Crippen molar-refractivity contribution >= 4 is 5.78 Å². The molecule has 0 bridgehead atoms. The molecule has 1 atom stereocenters. The second-order valence-electron chi connectivity index (χ2n) is 5.82. The number of benzene rings is 1. The van der Waals surface area contributed by atoms with Gasteiger partial charge in [-0.1, -0.05) is 13.8 Å². The lowest BCUT2D eigenvalue weighted by Crippen LogP contribution is -2.32. The molecule has 104 valence electrons. The average molecular weight is 261 g/mol. The van der Waals surface area contributed by atoms with Gasteiger partial charge in [-0.2, -0.15) is 0 Å². The van der Waals surface area contributed by atoms with E-state index in [9.17, 15) is 9.90 Å². The van der Waals surface area contributed by atoms with Crippen molar-refractivity contribution in [3.05, 3.63) is 29.3 Å². The maximum absolute atomic E-state index is 11.4. The van der Waals surface area contributed by atoms with Crippen LogP contribution in [-0.2, 0) is 6.54 Å². The SMILES string of the molecule is CC(=O)c1ccc(O)c(CN2CCCC2C(C)C)c1. The topological polar surface area (TPSA) is 40.5 Å². The van der Waals surface area contributed by atoms with E-state index in [-0.39, 0.29) is 5.78 Å². The third-order valence-electron chi connectivity index (χ3n) is 4.04. The molecule has 19 heavy (non-hydrogen) atoms. The van der Waals surface area contributed by atoms with Gasteiger partial charge in [0.25, 0.3) is 0 Å². The molecule has 0 saturated carbocycles. The number of phenols is 1. The Morgan fingerprint density at radius 2 is 2.21 bits per heavy atom. The molecule has 2 rings (SSSR count). The Hall–Kier alpha value is -1.35. The van der Waals surface area contributed by atoms with Crippen molar-refractivity contribution in [2.24, 2.45) is 5.92 Å². The maximum atomic E-state index is 11.4. The first kappa shape index (κ1) is 14.1. The molecule has 0 aromatic heterocycles. The van der Waals surface area contributed by atoms with Crippen LogP contribution in [0.2, 0.25) is 0 Å². The van der Waals surface area contributed by atoms with Gasteiger partial charge in [-0.3, -0.25) is 9.69 Å². The van der Waals surface area contributed by atoms with Gasteiger partial charge in [0, 0.05) is 23.7 Å². The summed E-state index contributed by atoms with van der Waals surface area (Å²) in [6.45, 7) is 7.86. The summed E-state index contributed by atoms with van der Waals surface area (Å²) in [5.41, 5.74) is 1.54. The van der Waals surface area contributed by atoms with E-state index in [1.165, 1.54) is 12.8 Å². The summed E-state index contributed by atoms with van der Waals surface area (Å²) in [5, 5.41) is 9.96. The van der Waals surface area contributed by atoms with Crippen LogP contribution < -0.4 is 0 Å². The van der Waals surface area contributed by atoms with Gasteiger partial charge in [0.15, 0.2) is 5.78 Å². The average Bonchev–Trinajstić information content (AvgIpc) is 2.80. The Morgan fingerprint density at radius 3 is 2.84 bits per heavy atom. The van der Waals surface area contributed by atoms with Crippen LogP contribution in [-0.4, -0.2) is 28.4 Å². The minimum absolute atomic E-state index is 0.0445. The van der Waals surface area contributed by atoms with E-state index < -0.39 is 0 Å². The van der Waals surface area contributed by atoms with E-state index in [4.69, 9.17) is 0 Å². The Labute approximate surface area is 115 Å². The highest BCUT2D eigenvalue weighted by Gasteiger charge is 2.27. The van der Waals surface area contributed by atoms with Crippen LogP contribution in [0.4, 0.5) is 0 Å². The number of likely N-dealkylation sites (tertiary alicyclic amines) is 1. The van der Waals surface area contributed by atoms with Crippen molar-refractivity contribution in [2.75, 3.05) is 6.54 Å². The first-order valence-electron chi connectivity index (χ1n) is 7.06. The normalized spacial score (nSPS) is 20.1. The molecule has 1 fully saturated rings. The predicted octanol–water partition coefficient (Wildman–Crippen LogP) is 3.22. The quantitative estimate of drug-likeness (QED) is 0.846. The second kappa shape index (κ2) is 5.74. The van der Waals surface area contributed by atoms with Crippen molar-refractivity contribution in [1.29, 1.82) is 0 Å². The van der Waals surface area contributed by atoms with Crippen LogP contribution in [0.25, 0.3) is 0 Å². The fourth-order valence-corrected chi connectivity index (χ4v) is 2.95. The van der Waals surface area contributed by atoms with E-state index >= 15 is 0 Å². The molecule has 1 aromatic rings. The van der Waals surface area contributed by atoms with Gasteiger partial charge in [-0.05, 0) is 50.4 Å². The summed E-state index contributed by atoms with van der Waals surface area (Å²) in [5.74, 6) is 0.961. The van der Waals surface area contributed by atoms with E-state index in [0.717, 1.165) is 18.7 Å². The van der Waals surface area contributed by atoms with Crippen molar-refractivity contribution in [3.63, 3.8) is 0 Å². The highest BCUT2D eigenvalue weighted by Crippen LogP contribution is 2.28. The third kappa shape index (κ3) is 3.16. The van der Waals surface area contributed by atoms with Gasteiger partial charge in [0.05, 0.1) is 0 Å². The van der Waals surface area contributed by atoms with E-state index in [0.29, 0.717) is 23.3 Å². The number of rotatable bonds is 4. The summed E-state index contributed by atoms with van der Waals surface area (Å²) >= 11 is 0. The summed E-state index contributed by atoms with van der Waals surface area (Å²) in [6.07, 6.45) is 2.45. The first-order chi connectivity index (χ1) is 8.99. The van der Waals surface area contributed by atoms with Crippen LogP contribution in [0.15, 0.2) is 18.2 Å². The number of carbonyl (C=O) groups is 1. The molecule has 0 aliphatic carbocycles. The van der Waals surface area contributed by atoms with Crippen molar-refractivity contribution in [1.82, 2.24) is 4.90 Å². The lowest BCUT2D eigenvalue weighted by molar-refractivity contribution is 0.101. The molecule has 1 heterocycles. The van der Waals surface area contributed by atoms with Crippen LogP contribution in [0.3, 0.4) is 0 Å². The Morgan fingerprint density at radius 1 is 1.47 bits per heavy atom. The molecule has 1 saturated heterocycles. The first-order valence-corrected chi connectivity index (χ1v) is 7.06. The van der Waals surface area contributed by atoms with Gasteiger partial charge >= 0.3 is 0 Å². The van der Waals surface area contributed by atoms with Gasteiger partial charge in [-0.25, -0.2) is 0 Å². The molecule has 0 radical (unpaired) electrons. The highest BCUT2D eigenvalue weighted by molar-refractivity contribution is 5.94. The highest BCUT2D eigenvalue weighted by atomic mass is 16.3. The fraction of sp³-hybridized carbons (Fsp3) is 0.562. The smallest absolute Gasteiger partial charge is 0.159 e. The van der Waals surface area contributed by atoms with Crippen molar-refractivity contribution < 1.29 is 9.90 Å². The van der Waals surface area contributed by atoms with Gasteiger partial charge in [0.2, 0.25) is 0 Å². The predicted molar refractivity (Wildman–Crippen MR) is 76.4 cm³/mol. The zero-order valence-corrected chi connectivity index (χ0v) is 12.0. The second-order valence-corrected chi connectivity index (χ2v) is 5.82. The van der Waals surface area contributed by atoms with E-state index in [2.05, 4.69) is 18.7 Å². The number of phenolic OH excluding ortho intramolecular Hbond substituents is 1. The Balaban J connectivity index is 2.18. The molecule has 0 amide bonds. The van der Waals surface area contributed by atoms with Gasteiger partial charge < -0.3 is 5.11 Å². The molecular formula is C16H23NO2. The van der Waals surface area contributed by atoms with Crippen molar-refractivity contribution in [3.8, 4) is 5.75 Å². The lowest BCUT2D eigenvalue weighted by Gasteiger charge is -2.27. The molecule has 3 heteroatoms. The Bertz CT molecular complexity index is 468. The summed E-state index contributed by atoms with van der Waals surface area (Å²) in [6, 6.07) is 5.73. The molecule has 1 aliphatic heterocycles. The minimum atomic E-state index is 0.0445. The zero-order valence-electron chi connectivity index (χ0n) is 12.0. The third-order valence-corrected chi connectivity index (χ3v) is 4.04. The minimum Gasteiger partial charge on any atom is -0.508 e. The monoisotopic (exact) mass is 261 g/mol. The molecule has 1 aromatic carbocycles. The van der Waals surface area contributed by atoms with E-state index in [1.54, 1.807) is 19.1 Å². The molecule has 1 aliphatic rings. The number of aromatic hydroxyl groups is 1. The summed E-state index contributed by atoms with van der Waals surface area (Å²) in [4.78, 5) is 13.8. The Kier molecular flexibility index (Phi) is 4.25. The number of Topliss-reactive ketones (excluding diaryl/α,β-unsaturated/α-hetero) is 1. The lowest BCUT2D eigenvalue weighted by atomic mass is 10.0. The largest absolute Gasteiger partial charge is 0.508 e. The standard InChI is InChI=1S/C16H23NO2/c1-11(2)15-5-4-8-17(15)10-14-9-13(12(3)18)6-7-16(14)19/h6-7,9,11,15,19H,4-5,8,10H2,1-3H3. The number of hydrogen-bond acceptors (Lipinski definition) is 3.